The molecule has 0 heterocycles. The number of rotatable bonds is 6. The molecule has 1 rings (SSSR count). The number of amides is 1. The number of likely N-dealkylation sites (N-methyl/N-ethyl adjacent to an activating group) is 1. The lowest BCUT2D eigenvalue weighted by molar-refractivity contribution is -0.137. The predicted octanol–water partition coefficient (Wildman–Crippen LogP) is 0.684. The minimum absolute atomic E-state index is 0.0599. The van der Waals surface area contributed by atoms with E-state index in [-0.39, 0.29) is 18.9 Å². The molecule has 1 aromatic carbocycles. The Kier molecular flexibility index (Phi) is 5.17. The molecule has 1 unspecified atom stereocenters. The van der Waals surface area contributed by atoms with Gasteiger partial charge in [0.15, 0.2) is 0 Å². The molecule has 1 atom stereocenters. The van der Waals surface area contributed by atoms with Crippen LogP contribution in [0.25, 0.3) is 0 Å². The van der Waals surface area contributed by atoms with E-state index >= 15 is 0 Å². The van der Waals surface area contributed by atoms with Gasteiger partial charge in [0, 0.05) is 13.6 Å². The summed E-state index contributed by atoms with van der Waals surface area (Å²) in [4.78, 5) is 24.2. The third kappa shape index (κ3) is 3.87. The molecule has 0 aliphatic carbocycles. The summed E-state index contributed by atoms with van der Waals surface area (Å²) in [7, 11) is 1.54. The Balaban J connectivity index is 3.01. The molecule has 1 amide bonds. The summed E-state index contributed by atoms with van der Waals surface area (Å²) in [6.45, 7) is 1.94. The zero-order valence-electron chi connectivity index (χ0n) is 11.1. The van der Waals surface area contributed by atoms with Gasteiger partial charge >= 0.3 is 5.97 Å². The second-order valence-corrected chi connectivity index (χ2v) is 4.19. The van der Waals surface area contributed by atoms with Crippen molar-refractivity contribution in [3.05, 3.63) is 24.3 Å². The van der Waals surface area contributed by atoms with Crippen LogP contribution in [0.5, 0.6) is 0 Å². The summed E-state index contributed by atoms with van der Waals surface area (Å²) in [5.74, 6) is -1.10. The second kappa shape index (κ2) is 6.63. The van der Waals surface area contributed by atoms with Crippen LogP contribution >= 0.6 is 0 Å². The Morgan fingerprint density at radius 2 is 2.05 bits per heavy atom. The molecule has 4 N–H and O–H groups in total. The molecule has 6 heteroatoms. The van der Waals surface area contributed by atoms with Crippen molar-refractivity contribution in [2.45, 2.75) is 19.4 Å². The lowest BCUT2D eigenvalue weighted by Gasteiger charge is -2.30. The topological polar surface area (TPSA) is 95.7 Å². The molecule has 0 aliphatic rings. The van der Waals surface area contributed by atoms with Crippen molar-refractivity contribution in [3.63, 3.8) is 0 Å². The summed E-state index contributed by atoms with van der Waals surface area (Å²) in [5, 5.41) is 11.4. The maximum absolute atomic E-state index is 11.7. The van der Waals surface area contributed by atoms with Crippen LogP contribution in [0.15, 0.2) is 24.3 Å². The maximum Gasteiger partial charge on any atom is 0.305 e. The van der Waals surface area contributed by atoms with Crippen LogP contribution in [0.1, 0.15) is 13.3 Å². The molecule has 6 nitrogen and oxygen atoms in total. The molecule has 0 aromatic heterocycles. The standard InChI is InChI=1S/C13H19N3O3/c1-9(13(19)15-2)16(8-7-12(17)18)11-6-4-3-5-10(11)14/h3-6,9H,7-8,14H2,1-2H3,(H,15,19)(H,17,18). The molecule has 0 fully saturated rings. The van der Waals surface area contributed by atoms with E-state index in [2.05, 4.69) is 5.32 Å². The number of nitrogens with zero attached hydrogens (tertiary/aromatic N) is 1. The first-order chi connectivity index (χ1) is 8.97. The van der Waals surface area contributed by atoms with Gasteiger partial charge in [-0.3, -0.25) is 9.59 Å². The number of nitrogens with two attached hydrogens (primary N) is 1. The van der Waals surface area contributed by atoms with Crippen molar-refractivity contribution in [1.82, 2.24) is 5.32 Å². The van der Waals surface area contributed by atoms with Gasteiger partial charge in [0.25, 0.3) is 0 Å². The molecular weight excluding hydrogens is 246 g/mol. The minimum Gasteiger partial charge on any atom is -0.481 e. The Morgan fingerprint density at radius 1 is 1.42 bits per heavy atom. The SMILES string of the molecule is CNC(=O)C(C)N(CCC(=O)O)c1ccccc1N. The summed E-state index contributed by atoms with van der Waals surface area (Å²) in [5.41, 5.74) is 7.07. The summed E-state index contributed by atoms with van der Waals surface area (Å²) in [6, 6.07) is 6.60. The summed E-state index contributed by atoms with van der Waals surface area (Å²) in [6.07, 6.45) is -0.0599. The molecule has 1 aromatic rings. The average molecular weight is 265 g/mol. The molecular formula is C13H19N3O3. The predicted molar refractivity (Wildman–Crippen MR) is 74.0 cm³/mol. The van der Waals surface area contributed by atoms with Gasteiger partial charge in [-0.2, -0.15) is 0 Å². The van der Waals surface area contributed by atoms with Crippen molar-refractivity contribution in [2.75, 3.05) is 24.2 Å². The van der Waals surface area contributed by atoms with E-state index < -0.39 is 12.0 Å². The summed E-state index contributed by atoms with van der Waals surface area (Å²) < 4.78 is 0. The van der Waals surface area contributed by atoms with Crippen molar-refractivity contribution >= 4 is 23.3 Å². The first-order valence-electron chi connectivity index (χ1n) is 6.02. The number of aliphatic carboxylic acids is 1. The number of carbonyl (C=O) groups excluding carboxylic acids is 1. The first-order valence-corrected chi connectivity index (χ1v) is 6.02. The normalized spacial score (nSPS) is 11.7. The van der Waals surface area contributed by atoms with Gasteiger partial charge < -0.3 is 21.1 Å². The highest BCUT2D eigenvalue weighted by Gasteiger charge is 2.22. The maximum atomic E-state index is 11.7. The molecule has 0 bridgehead atoms. The molecule has 19 heavy (non-hydrogen) atoms. The number of benzene rings is 1. The zero-order valence-corrected chi connectivity index (χ0v) is 11.1. The molecule has 104 valence electrons. The van der Waals surface area contributed by atoms with Gasteiger partial charge in [-0.25, -0.2) is 0 Å². The van der Waals surface area contributed by atoms with E-state index in [1.165, 1.54) is 0 Å². The van der Waals surface area contributed by atoms with Crippen LogP contribution in [0, 0.1) is 0 Å². The Hall–Kier alpha value is -2.24. The zero-order chi connectivity index (χ0) is 14.4. The average Bonchev–Trinajstić information content (AvgIpc) is 2.39. The van der Waals surface area contributed by atoms with Crippen LogP contribution in [-0.4, -0.2) is 36.6 Å². The number of hydrogen-bond donors (Lipinski definition) is 3. The van der Waals surface area contributed by atoms with Gasteiger partial charge in [-0.1, -0.05) is 12.1 Å². The Labute approximate surface area is 112 Å². The second-order valence-electron chi connectivity index (χ2n) is 4.19. The first kappa shape index (κ1) is 14.8. The van der Waals surface area contributed by atoms with Gasteiger partial charge in [0.1, 0.15) is 6.04 Å². The molecule has 0 saturated carbocycles. The number of hydrogen-bond acceptors (Lipinski definition) is 4. The van der Waals surface area contributed by atoms with Crippen LogP contribution in [0.4, 0.5) is 11.4 Å². The fraction of sp³-hybridized carbons (Fsp3) is 0.385. The van der Waals surface area contributed by atoms with E-state index in [0.717, 1.165) is 0 Å². The Bertz CT molecular complexity index is 462. The lowest BCUT2D eigenvalue weighted by Crippen LogP contribution is -2.45. The van der Waals surface area contributed by atoms with E-state index in [9.17, 15) is 9.59 Å². The van der Waals surface area contributed by atoms with E-state index in [1.807, 2.05) is 0 Å². The lowest BCUT2D eigenvalue weighted by atomic mass is 10.1. The van der Waals surface area contributed by atoms with Crippen LogP contribution < -0.4 is 16.0 Å². The highest BCUT2D eigenvalue weighted by molar-refractivity contribution is 5.86. The number of carbonyl (C=O) groups is 2. The largest absolute Gasteiger partial charge is 0.481 e. The van der Waals surface area contributed by atoms with Gasteiger partial charge in [0.2, 0.25) is 5.91 Å². The highest BCUT2D eigenvalue weighted by Crippen LogP contribution is 2.24. The van der Waals surface area contributed by atoms with E-state index in [0.29, 0.717) is 11.4 Å². The Morgan fingerprint density at radius 3 is 2.58 bits per heavy atom. The van der Waals surface area contributed by atoms with Gasteiger partial charge in [-0.15, -0.1) is 0 Å². The number of anilines is 2. The quantitative estimate of drug-likeness (QED) is 0.657. The molecule has 0 radical (unpaired) electrons. The van der Waals surface area contributed by atoms with Crippen LogP contribution in [0.3, 0.4) is 0 Å². The van der Waals surface area contributed by atoms with Gasteiger partial charge in [0.05, 0.1) is 17.8 Å². The monoisotopic (exact) mass is 265 g/mol. The number of carboxylic acids is 1. The smallest absolute Gasteiger partial charge is 0.305 e. The van der Waals surface area contributed by atoms with E-state index in [4.69, 9.17) is 10.8 Å². The molecule has 0 saturated heterocycles. The van der Waals surface area contributed by atoms with Crippen molar-refractivity contribution < 1.29 is 14.7 Å². The highest BCUT2D eigenvalue weighted by atomic mass is 16.4. The van der Waals surface area contributed by atoms with Crippen molar-refractivity contribution in [3.8, 4) is 0 Å². The fourth-order valence-electron chi connectivity index (χ4n) is 1.84. The van der Waals surface area contributed by atoms with E-state index in [1.54, 1.807) is 43.1 Å². The third-order valence-corrected chi connectivity index (χ3v) is 2.91. The number of carboxylic acid groups (broad SMARTS) is 1. The van der Waals surface area contributed by atoms with Crippen molar-refractivity contribution in [1.29, 1.82) is 0 Å². The molecule has 0 aliphatic heterocycles. The molecule has 0 spiro atoms. The number of para-hydroxylation sites is 2. The van der Waals surface area contributed by atoms with Crippen molar-refractivity contribution in [2.24, 2.45) is 0 Å². The third-order valence-electron chi connectivity index (χ3n) is 2.91. The number of nitrogens with one attached hydrogen (secondary N) is 1. The number of nitrogen functional groups attached to an aromatic ring is 1. The van der Waals surface area contributed by atoms with Crippen LogP contribution in [-0.2, 0) is 9.59 Å². The summed E-state index contributed by atoms with van der Waals surface area (Å²) >= 11 is 0. The van der Waals surface area contributed by atoms with Crippen LogP contribution in [0.2, 0.25) is 0 Å². The minimum atomic E-state index is -0.913. The van der Waals surface area contributed by atoms with Gasteiger partial charge in [-0.05, 0) is 19.1 Å². The fourth-order valence-corrected chi connectivity index (χ4v) is 1.84.